The van der Waals surface area contributed by atoms with Gasteiger partial charge in [0.15, 0.2) is 0 Å². The number of hydrogen-bond donors (Lipinski definition) is 0. The van der Waals surface area contributed by atoms with Crippen LogP contribution in [0.4, 0.5) is 0 Å². The summed E-state index contributed by atoms with van der Waals surface area (Å²) in [4.78, 5) is 0. The molecule has 0 saturated carbocycles. The number of nitriles is 2. The molecule has 4 saturated heterocycles. The predicted molar refractivity (Wildman–Crippen MR) is 170 cm³/mol. The van der Waals surface area contributed by atoms with Crippen LogP contribution in [0.3, 0.4) is 0 Å². The van der Waals surface area contributed by atoms with Gasteiger partial charge in [0.05, 0.1) is 0 Å². The van der Waals surface area contributed by atoms with Crippen molar-refractivity contribution in [1.29, 1.82) is 10.5 Å². The van der Waals surface area contributed by atoms with Crippen molar-refractivity contribution in [3.8, 4) is 10.8 Å². The van der Waals surface area contributed by atoms with Gasteiger partial charge in [-0.25, -0.2) is 10.5 Å². The summed E-state index contributed by atoms with van der Waals surface area (Å²) in [5.74, 6) is 3.97. The third-order valence-electron chi connectivity index (χ3n) is 7.87. The maximum Gasteiger partial charge on any atom is 0 e. The zero-order chi connectivity index (χ0) is 28.7. The minimum atomic E-state index is 0. The Morgan fingerprint density at radius 2 is 0.590 bits per heavy atom. The van der Waals surface area contributed by atoms with E-state index in [0.717, 1.165) is 76.0 Å². The molecule has 0 aromatic carbocycles. The molecule has 0 N–H and O–H groups in total. The Kier molecular flexibility index (Phi) is 39.7. The first-order valence-corrected chi connectivity index (χ1v) is 15.9. The monoisotopic (exact) mass is 619 g/mol. The topological polar surface area (TPSA) is 104 Å². The number of nitrogens with zero attached hydrogens (tertiary/aromatic N) is 6. The molecule has 0 spiro atoms. The summed E-state index contributed by atoms with van der Waals surface area (Å²) in [6.45, 7) is 18.1. The van der Waals surface area contributed by atoms with E-state index in [1.54, 1.807) is 0 Å². The molecule has 0 unspecified atom stereocenters. The van der Waals surface area contributed by atoms with Gasteiger partial charge in [0.2, 0.25) is 0 Å². The Bertz CT molecular complexity index is 451. The predicted octanol–water partition coefficient (Wildman–Crippen LogP) is 8.75. The number of thiocyanates is 2. The van der Waals surface area contributed by atoms with Crippen LogP contribution in [0, 0.1) is 45.0 Å². The largest absolute Gasteiger partial charge is 0.696 e. The molecular formula is C30H56MnN6S2-6. The molecular weight excluding hydrogens is 563 g/mol. The molecule has 4 aliphatic rings. The maximum atomic E-state index is 7.13. The fraction of sp³-hybridized carbons (Fsp3) is 0.933. The average molecular weight is 620 g/mol. The van der Waals surface area contributed by atoms with Gasteiger partial charge in [-0.2, -0.15) is 0 Å². The Hall–Kier alpha value is -0.221. The number of piperidine rings is 4. The van der Waals surface area contributed by atoms with Crippen molar-refractivity contribution in [1.82, 2.24) is 0 Å². The van der Waals surface area contributed by atoms with E-state index in [1.165, 1.54) is 87.9 Å². The summed E-state index contributed by atoms with van der Waals surface area (Å²) in [5.41, 5.74) is 0. The molecule has 0 bridgehead atoms. The smallest absolute Gasteiger partial charge is 0 e. The van der Waals surface area contributed by atoms with E-state index in [1.807, 2.05) is 0 Å². The Balaban J connectivity index is -0.000000412. The molecule has 0 atom stereocenters. The van der Waals surface area contributed by atoms with Crippen LogP contribution in [0.25, 0.3) is 21.3 Å². The van der Waals surface area contributed by atoms with E-state index in [4.69, 9.17) is 10.5 Å². The molecule has 4 fully saturated rings. The fourth-order valence-corrected chi connectivity index (χ4v) is 4.85. The molecule has 0 amide bonds. The van der Waals surface area contributed by atoms with Crippen LogP contribution in [0.2, 0.25) is 0 Å². The summed E-state index contributed by atoms with van der Waals surface area (Å²) in [7, 11) is 0. The molecule has 39 heavy (non-hydrogen) atoms. The summed E-state index contributed by atoms with van der Waals surface area (Å²) in [6, 6.07) is 0. The maximum absolute atomic E-state index is 7.13. The van der Waals surface area contributed by atoms with Crippen molar-refractivity contribution < 1.29 is 17.1 Å². The molecule has 4 aliphatic heterocycles. The minimum absolute atomic E-state index is 0. The van der Waals surface area contributed by atoms with Crippen LogP contribution in [0.1, 0.15) is 105 Å². The third kappa shape index (κ3) is 30.6. The van der Waals surface area contributed by atoms with Gasteiger partial charge in [-0.1, -0.05) is 116 Å². The molecule has 1 radical (unpaired) electrons. The normalized spacial score (nSPS) is 19.7. The molecule has 4 heterocycles. The van der Waals surface area contributed by atoms with Crippen LogP contribution < -0.4 is 0 Å². The Labute approximate surface area is 264 Å². The van der Waals surface area contributed by atoms with Gasteiger partial charge >= 0.3 is 0 Å². The first-order chi connectivity index (χ1) is 18.6. The second kappa shape index (κ2) is 35.8. The van der Waals surface area contributed by atoms with Crippen LogP contribution in [0.15, 0.2) is 0 Å². The van der Waals surface area contributed by atoms with Crippen LogP contribution >= 0.6 is 0 Å². The van der Waals surface area contributed by atoms with Gasteiger partial charge in [0, 0.05) is 17.1 Å². The van der Waals surface area contributed by atoms with Crippen molar-refractivity contribution in [2.24, 2.45) is 23.7 Å². The molecule has 0 aromatic rings. The van der Waals surface area contributed by atoms with Crippen molar-refractivity contribution in [3.63, 3.8) is 0 Å². The molecule has 6 nitrogen and oxygen atoms in total. The van der Waals surface area contributed by atoms with Crippen molar-refractivity contribution in [3.05, 3.63) is 21.3 Å². The zero-order valence-corrected chi connectivity index (χ0v) is 28.1. The van der Waals surface area contributed by atoms with Gasteiger partial charge in [0.1, 0.15) is 0 Å². The number of rotatable bonds is 4. The quantitative estimate of drug-likeness (QED) is 0.178. The van der Waals surface area contributed by atoms with Crippen LogP contribution in [0.5, 0.6) is 0 Å². The zero-order valence-electron chi connectivity index (χ0n) is 25.3. The van der Waals surface area contributed by atoms with Crippen molar-refractivity contribution >= 4 is 25.3 Å². The van der Waals surface area contributed by atoms with E-state index >= 15 is 0 Å². The Morgan fingerprint density at radius 1 is 0.462 bits per heavy atom. The third-order valence-corrected chi connectivity index (χ3v) is 7.87. The summed E-state index contributed by atoms with van der Waals surface area (Å²) < 4.78 is 0. The summed E-state index contributed by atoms with van der Waals surface area (Å²) in [5, 5.41) is 34.0. The second-order valence-electron chi connectivity index (χ2n) is 10.3. The second-order valence-corrected chi connectivity index (χ2v) is 10.6. The average Bonchev–Trinajstić information content (AvgIpc) is 3.00. The molecule has 4 rings (SSSR count). The molecule has 0 aliphatic carbocycles. The standard InChI is InChI=1S/4C7H14N.2CHNS.Mn/c4*1-2-7-3-5-8-6-4-7;2*2-1-3;/h4*7H,2-6H2,1H3;2*3H;/q4*-1;;;/p-2. The van der Waals surface area contributed by atoms with Crippen molar-refractivity contribution in [2.45, 2.75) is 105 Å². The van der Waals surface area contributed by atoms with E-state index in [2.05, 4.69) is 74.2 Å². The van der Waals surface area contributed by atoms with E-state index in [9.17, 15) is 0 Å². The van der Waals surface area contributed by atoms with E-state index in [-0.39, 0.29) is 17.1 Å². The number of hydrogen-bond acceptors (Lipinski definition) is 4. The summed E-state index contributed by atoms with van der Waals surface area (Å²) >= 11 is 7.40. The van der Waals surface area contributed by atoms with E-state index in [0.29, 0.717) is 0 Å². The SMILES string of the molecule is CCC1CC[N-]CC1.CCC1CC[N-]CC1.CCC1CC[N-]CC1.CCC1CC[N-]CC1.N#C[S-].N#C[S-].[Mn]. The first kappa shape index (κ1) is 43.2. The van der Waals surface area contributed by atoms with Crippen molar-refractivity contribution in [2.75, 3.05) is 52.4 Å². The minimum Gasteiger partial charge on any atom is -0.696 e. The van der Waals surface area contributed by atoms with Gasteiger partial charge in [0.25, 0.3) is 0 Å². The Morgan fingerprint density at radius 3 is 0.667 bits per heavy atom. The van der Waals surface area contributed by atoms with Gasteiger partial charge in [-0.15, -0.1) is 52.4 Å². The van der Waals surface area contributed by atoms with Gasteiger partial charge in [-0.05, 0) is 23.7 Å². The molecule has 231 valence electrons. The van der Waals surface area contributed by atoms with Crippen LogP contribution in [-0.2, 0) is 42.3 Å². The fourth-order valence-electron chi connectivity index (χ4n) is 4.85. The van der Waals surface area contributed by atoms with E-state index < -0.39 is 0 Å². The molecule has 0 aromatic heterocycles. The summed E-state index contributed by atoms with van der Waals surface area (Å²) in [6.07, 6.45) is 16.2. The van der Waals surface area contributed by atoms with Crippen LogP contribution in [-0.4, -0.2) is 52.4 Å². The molecule has 9 heteroatoms. The first-order valence-electron chi connectivity index (χ1n) is 15.1. The van der Waals surface area contributed by atoms with Gasteiger partial charge < -0.3 is 46.5 Å². The van der Waals surface area contributed by atoms with Gasteiger partial charge in [-0.3, -0.25) is 0 Å².